The number of aliphatic imine (C=N–C) groups is 1. The molecule has 9 rings (SSSR count). The molecule has 0 radical (unpaired) electrons. The summed E-state index contributed by atoms with van der Waals surface area (Å²) in [7, 11) is 0. The first-order valence-corrected chi connectivity index (χ1v) is 15.8. The minimum absolute atomic E-state index is 0.0316. The SMILES string of the molecule is C1=C(c2ccc(-c3cccc4ccccc34)cc2)N=C(c2c3ccccc3cc3c2ccc2ccccc23)NC1c1ccccc1. The molecule has 1 atom stereocenters. The average Bonchev–Trinajstić information content (AvgIpc) is 3.14. The summed E-state index contributed by atoms with van der Waals surface area (Å²) in [6, 6.07) is 58.8. The van der Waals surface area contributed by atoms with Crippen molar-refractivity contribution in [3.8, 4) is 11.1 Å². The van der Waals surface area contributed by atoms with Gasteiger partial charge < -0.3 is 5.32 Å². The largest absolute Gasteiger partial charge is 0.359 e. The third kappa shape index (κ3) is 4.46. The van der Waals surface area contributed by atoms with E-state index >= 15 is 0 Å². The molecule has 0 aliphatic carbocycles. The minimum atomic E-state index is -0.0316. The van der Waals surface area contributed by atoms with Crippen LogP contribution in [0.2, 0.25) is 0 Å². The first kappa shape index (κ1) is 26.4. The van der Waals surface area contributed by atoms with Crippen LogP contribution in [-0.4, -0.2) is 5.84 Å². The van der Waals surface area contributed by atoms with Crippen LogP contribution in [-0.2, 0) is 0 Å². The Bertz CT molecular complexity index is 2480. The Balaban J connectivity index is 1.23. The van der Waals surface area contributed by atoms with Crippen molar-refractivity contribution >= 4 is 54.6 Å². The van der Waals surface area contributed by atoms with E-state index in [-0.39, 0.29) is 6.04 Å². The summed E-state index contributed by atoms with van der Waals surface area (Å²) in [4.78, 5) is 5.40. The number of nitrogens with one attached hydrogen (secondary N) is 1. The number of amidine groups is 1. The Kier molecular flexibility index (Phi) is 6.24. The second kappa shape index (κ2) is 10.9. The van der Waals surface area contributed by atoms with E-state index < -0.39 is 0 Å². The molecule has 0 amide bonds. The Hall–Kier alpha value is -5.99. The minimum Gasteiger partial charge on any atom is -0.359 e. The maximum absolute atomic E-state index is 5.40. The third-order valence-corrected chi connectivity index (χ3v) is 9.30. The first-order valence-electron chi connectivity index (χ1n) is 15.8. The fourth-order valence-electron chi connectivity index (χ4n) is 7.04. The summed E-state index contributed by atoms with van der Waals surface area (Å²) in [5.41, 5.74) is 6.84. The Morgan fingerprint density at radius 2 is 1.07 bits per heavy atom. The first-order chi connectivity index (χ1) is 22.8. The zero-order valence-electron chi connectivity index (χ0n) is 25.2. The maximum atomic E-state index is 5.40. The molecule has 46 heavy (non-hydrogen) atoms. The van der Waals surface area contributed by atoms with E-state index in [1.807, 2.05) is 0 Å². The molecule has 1 heterocycles. The highest BCUT2D eigenvalue weighted by atomic mass is 15.0. The van der Waals surface area contributed by atoms with E-state index in [1.54, 1.807) is 0 Å². The lowest BCUT2D eigenvalue weighted by atomic mass is 9.91. The number of hydrogen-bond donors (Lipinski definition) is 1. The summed E-state index contributed by atoms with van der Waals surface area (Å²) in [5.74, 6) is 0.890. The van der Waals surface area contributed by atoms with E-state index in [1.165, 1.54) is 59.8 Å². The van der Waals surface area contributed by atoms with Gasteiger partial charge in [-0.3, -0.25) is 0 Å². The lowest BCUT2D eigenvalue weighted by Crippen LogP contribution is -2.31. The summed E-state index contributed by atoms with van der Waals surface area (Å²) in [6.45, 7) is 0. The zero-order chi connectivity index (χ0) is 30.5. The van der Waals surface area contributed by atoms with Gasteiger partial charge in [-0.15, -0.1) is 0 Å². The number of hydrogen-bond acceptors (Lipinski definition) is 2. The second-order valence-electron chi connectivity index (χ2n) is 12.0. The van der Waals surface area contributed by atoms with Crippen LogP contribution in [0.3, 0.4) is 0 Å². The Morgan fingerprint density at radius 3 is 1.87 bits per heavy atom. The van der Waals surface area contributed by atoms with Crippen molar-refractivity contribution in [3.63, 3.8) is 0 Å². The molecule has 1 aliphatic heterocycles. The van der Waals surface area contributed by atoms with Gasteiger partial charge in [0.25, 0.3) is 0 Å². The smallest absolute Gasteiger partial charge is 0.135 e. The lowest BCUT2D eigenvalue weighted by molar-refractivity contribution is 0.782. The number of fused-ring (bicyclic) bond motifs is 5. The fourth-order valence-corrected chi connectivity index (χ4v) is 7.04. The summed E-state index contributed by atoms with van der Waals surface area (Å²) in [6.07, 6.45) is 2.26. The number of benzene rings is 8. The van der Waals surface area contributed by atoms with Gasteiger partial charge in [-0.1, -0.05) is 158 Å². The van der Waals surface area contributed by atoms with E-state index in [0.29, 0.717) is 0 Å². The van der Waals surface area contributed by atoms with Gasteiger partial charge in [-0.2, -0.15) is 0 Å². The third-order valence-electron chi connectivity index (χ3n) is 9.30. The standard InChI is InChI=1S/C44H30N2/c1-2-13-32(14-3-1)41-28-42(33-23-21-31(22-24-33)36-20-10-16-29-11-4-7-17-35(29)36)46-44(45-41)43-38-19-9-6-15-34(38)27-40-37-18-8-5-12-30(37)25-26-39(40)43/h1-28,41H,(H,45,46). The van der Waals surface area contributed by atoms with Crippen LogP contribution in [0.4, 0.5) is 0 Å². The van der Waals surface area contributed by atoms with Crippen molar-refractivity contribution in [2.24, 2.45) is 4.99 Å². The van der Waals surface area contributed by atoms with Gasteiger partial charge in [-0.05, 0) is 77.5 Å². The van der Waals surface area contributed by atoms with Crippen LogP contribution in [0, 0.1) is 0 Å². The molecule has 0 saturated carbocycles. The van der Waals surface area contributed by atoms with Gasteiger partial charge in [0, 0.05) is 5.56 Å². The molecular weight excluding hydrogens is 556 g/mol. The van der Waals surface area contributed by atoms with Gasteiger partial charge in [-0.25, -0.2) is 4.99 Å². The predicted octanol–water partition coefficient (Wildman–Crippen LogP) is 11.1. The molecule has 216 valence electrons. The predicted molar refractivity (Wildman–Crippen MR) is 195 cm³/mol. The van der Waals surface area contributed by atoms with Gasteiger partial charge in [0.1, 0.15) is 5.84 Å². The molecule has 1 aliphatic rings. The zero-order valence-corrected chi connectivity index (χ0v) is 25.2. The van der Waals surface area contributed by atoms with Crippen LogP contribution in [0.5, 0.6) is 0 Å². The van der Waals surface area contributed by atoms with Crippen LogP contribution >= 0.6 is 0 Å². The molecule has 0 aromatic heterocycles. The van der Waals surface area contributed by atoms with Crippen molar-refractivity contribution in [2.75, 3.05) is 0 Å². The van der Waals surface area contributed by atoms with Gasteiger partial charge in [0.05, 0.1) is 11.7 Å². The molecule has 2 heteroatoms. The monoisotopic (exact) mass is 586 g/mol. The quantitative estimate of drug-likeness (QED) is 0.161. The number of nitrogens with zero attached hydrogens (tertiary/aromatic N) is 1. The topological polar surface area (TPSA) is 24.4 Å². The Morgan fingerprint density at radius 1 is 0.435 bits per heavy atom. The van der Waals surface area contributed by atoms with Gasteiger partial charge >= 0.3 is 0 Å². The van der Waals surface area contributed by atoms with Crippen LogP contribution in [0.25, 0.3) is 59.9 Å². The average molecular weight is 587 g/mol. The van der Waals surface area contributed by atoms with Crippen LogP contribution in [0.1, 0.15) is 22.7 Å². The molecule has 1 N–H and O–H groups in total. The summed E-state index contributed by atoms with van der Waals surface area (Å²) >= 11 is 0. The van der Waals surface area contributed by atoms with Crippen molar-refractivity contribution in [1.29, 1.82) is 0 Å². The maximum Gasteiger partial charge on any atom is 0.135 e. The van der Waals surface area contributed by atoms with Crippen molar-refractivity contribution < 1.29 is 0 Å². The van der Waals surface area contributed by atoms with E-state index in [0.717, 1.165) is 22.7 Å². The van der Waals surface area contributed by atoms with Crippen LogP contribution < -0.4 is 5.32 Å². The molecular formula is C44H30N2. The molecule has 0 spiro atoms. The van der Waals surface area contributed by atoms with Gasteiger partial charge in [0.15, 0.2) is 0 Å². The highest BCUT2D eigenvalue weighted by Gasteiger charge is 2.23. The van der Waals surface area contributed by atoms with E-state index in [4.69, 9.17) is 4.99 Å². The van der Waals surface area contributed by atoms with Crippen molar-refractivity contribution in [3.05, 3.63) is 187 Å². The molecule has 2 nitrogen and oxygen atoms in total. The second-order valence-corrected chi connectivity index (χ2v) is 12.0. The molecule has 1 unspecified atom stereocenters. The molecule has 8 aromatic carbocycles. The van der Waals surface area contributed by atoms with Crippen molar-refractivity contribution in [2.45, 2.75) is 6.04 Å². The highest BCUT2D eigenvalue weighted by molar-refractivity contribution is 6.25. The van der Waals surface area contributed by atoms with Crippen molar-refractivity contribution in [1.82, 2.24) is 5.32 Å². The fraction of sp³-hybridized carbons (Fsp3) is 0.0227. The molecule has 0 fully saturated rings. The highest BCUT2D eigenvalue weighted by Crippen LogP contribution is 2.37. The summed E-state index contributed by atoms with van der Waals surface area (Å²) in [5, 5.41) is 13.7. The van der Waals surface area contributed by atoms with E-state index in [9.17, 15) is 0 Å². The Labute approximate surface area is 268 Å². The molecule has 0 bridgehead atoms. The van der Waals surface area contributed by atoms with Gasteiger partial charge in [0.2, 0.25) is 0 Å². The number of rotatable bonds is 4. The molecule has 0 saturated heterocycles. The lowest BCUT2D eigenvalue weighted by Gasteiger charge is -2.26. The van der Waals surface area contributed by atoms with Crippen LogP contribution in [0.15, 0.2) is 175 Å². The summed E-state index contributed by atoms with van der Waals surface area (Å²) < 4.78 is 0. The normalized spacial score (nSPS) is 14.7. The molecule has 8 aromatic rings. The van der Waals surface area contributed by atoms with E-state index in [2.05, 4.69) is 175 Å².